The number of para-hydroxylation sites is 1. The zero-order valence-corrected chi connectivity index (χ0v) is 15.7. The number of benzene rings is 3. The van der Waals surface area contributed by atoms with Gasteiger partial charge < -0.3 is 9.47 Å². The summed E-state index contributed by atoms with van der Waals surface area (Å²) in [5.74, 6) is 1.77. The maximum atomic E-state index is 5.53. The molecule has 0 N–H and O–H groups in total. The Morgan fingerprint density at radius 3 is 2.08 bits per heavy atom. The first kappa shape index (κ1) is 16.7. The first-order valence-corrected chi connectivity index (χ1v) is 8.82. The van der Waals surface area contributed by atoms with E-state index in [0.717, 1.165) is 16.0 Å². The van der Waals surface area contributed by atoms with Gasteiger partial charge in [0, 0.05) is 16.7 Å². The Kier molecular flexibility index (Phi) is 3.97. The van der Waals surface area contributed by atoms with Crippen LogP contribution in [0.5, 0.6) is 11.5 Å². The minimum absolute atomic E-state index is 0.181. The van der Waals surface area contributed by atoms with Gasteiger partial charge in [-0.25, -0.2) is 0 Å². The third-order valence-corrected chi connectivity index (χ3v) is 5.45. The maximum absolute atomic E-state index is 5.53. The van der Waals surface area contributed by atoms with Crippen LogP contribution in [0.2, 0.25) is 0 Å². The number of fused-ring (bicyclic) bond motifs is 3. The van der Waals surface area contributed by atoms with E-state index in [-0.39, 0.29) is 6.04 Å². The van der Waals surface area contributed by atoms with Crippen LogP contribution in [0, 0.1) is 0 Å². The van der Waals surface area contributed by atoms with E-state index in [9.17, 15) is 0 Å². The molecule has 0 saturated carbocycles. The highest BCUT2D eigenvalue weighted by Crippen LogP contribution is 2.50. The third kappa shape index (κ3) is 2.47. The molecule has 1 aliphatic rings. The molecule has 0 aliphatic carbocycles. The molecule has 3 nitrogen and oxygen atoms in total. The third-order valence-electron chi connectivity index (χ3n) is 5.45. The summed E-state index contributed by atoms with van der Waals surface area (Å²) in [6.45, 7) is 0. The van der Waals surface area contributed by atoms with E-state index in [1.807, 2.05) is 18.2 Å². The van der Waals surface area contributed by atoms with Gasteiger partial charge in [-0.15, -0.1) is 0 Å². The van der Waals surface area contributed by atoms with Gasteiger partial charge >= 0.3 is 0 Å². The molecule has 3 aromatic rings. The Morgan fingerprint density at radius 2 is 1.38 bits per heavy atom. The molecular weight excluding hydrogens is 322 g/mol. The fraction of sp³-hybridized carbons (Fsp3) is 0.217. The highest BCUT2D eigenvalue weighted by molar-refractivity contribution is 5.84. The van der Waals surface area contributed by atoms with Crippen molar-refractivity contribution in [3.05, 3.63) is 77.9 Å². The Morgan fingerprint density at radius 1 is 0.731 bits per heavy atom. The van der Waals surface area contributed by atoms with Gasteiger partial charge in [0.25, 0.3) is 0 Å². The fourth-order valence-electron chi connectivity index (χ4n) is 4.17. The monoisotopic (exact) mass is 346 g/mol. The number of ether oxygens (including phenoxy) is 2. The second-order valence-corrected chi connectivity index (χ2v) is 7.19. The predicted octanol–water partition coefficient (Wildman–Crippen LogP) is 5.04. The predicted molar refractivity (Wildman–Crippen MR) is 107 cm³/mol. The van der Waals surface area contributed by atoms with Crippen LogP contribution in [-0.2, 0) is 0 Å². The molecule has 0 saturated heterocycles. The number of methoxy groups -OCH3 is 2. The normalized spacial score (nSPS) is 17.2. The van der Waals surface area contributed by atoms with Gasteiger partial charge in [0.1, 0.15) is 23.2 Å². The Hall–Kier alpha value is -2.78. The molecule has 3 aromatic carbocycles. The summed E-state index contributed by atoms with van der Waals surface area (Å²) in [4.78, 5) is 0. The van der Waals surface area contributed by atoms with E-state index in [2.05, 4.69) is 62.6 Å². The summed E-state index contributed by atoms with van der Waals surface area (Å²) >= 11 is 0. The summed E-state index contributed by atoms with van der Waals surface area (Å²) in [5.41, 5.74) is 6.45. The Bertz CT molecular complexity index is 945. The van der Waals surface area contributed by atoms with Crippen molar-refractivity contribution in [2.75, 3.05) is 28.3 Å². The molecule has 0 bridgehead atoms. The van der Waals surface area contributed by atoms with Crippen molar-refractivity contribution in [2.24, 2.45) is 0 Å². The fourth-order valence-corrected chi connectivity index (χ4v) is 4.17. The van der Waals surface area contributed by atoms with Crippen molar-refractivity contribution in [3.63, 3.8) is 0 Å². The highest BCUT2D eigenvalue weighted by atomic mass is 16.5. The molecular formula is C23H24NO2+. The molecule has 3 heteroatoms. The van der Waals surface area contributed by atoms with Crippen LogP contribution < -0.4 is 14.0 Å². The van der Waals surface area contributed by atoms with Crippen molar-refractivity contribution in [2.45, 2.75) is 6.04 Å². The number of quaternary nitrogens is 1. The number of hydrogen-bond donors (Lipinski definition) is 0. The first-order valence-electron chi connectivity index (χ1n) is 8.82. The zero-order valence-electron chi connectivity index (χ0n) is 15.7. The van der Waals surface area contributed by atoms with Gasteiger partial charge in [-0.2, -0.15) is 0 Å². The minimum Gasteiger partial charge on any atom is -0.497 e. The van der Waals surface area contributed by atoms with Crippen molar-refractivity contribution in [1.82, 2.24) is 4.48 Å². The molecule has 0 fully saturated rings. The molecule has 1 unspecified atom stereocenters. The average Bonchev–Trinajstić information content (AvgIpc) is 2.68. The second kappa shape index (κ2) is 6.19. The topological polar surface area (TPSA) is 18.5 Å². The van der Waals surface area contributed by atoms with Gasteiger partial charge in [-0.05, 0) is 60.2 Å². The van der Waals surface area contributed by atoms with Gasteiger partial charge in [0.15, 0.2) is 0 Å². The lowest BCUT2D eigenvalue weighted by atomic mass is 9.83. The van der Waals surface area contributed by atoms with Crippen molar-refractivity contribution >= 4 is 5.69 Å². The summed E-state index contributed by atoms with van der Waals surface area (Å²) in [6.07, 6.45) is 0. The van der Waals surface area contributed by atoms with Gasteiger partial charge in [0.05, 0.1) is 28.3 Å². The lowest BCUT2D eigenvalue weighted by Gasteiger charge is -2.43. The number of rotatable bonds is 3. The van der Waals surface area contributed by atoms with Gasteiger partial charge in [0.2, 0.25) is 0 Å². The van der Waals surface area contributed by atoms with Crippen LogP contribution in [0.25, 0.3) is 11.1 Å². The Balaban J connectivity index is 1.98. The molecule has 132 valence electrons. The van der Waals surface area contributed by atoms with Gasteiger partial charge in [-0.3, -0.25) is 4.48 Å². The second-order valence-electron chi connectivity index (χ2n) is 7.19. The first-order chi connectivity index (χ1) is 12.6. The van der Waals surface area contributed by atoms with Crippen molar-refractivity contribution in [1.29, 1.82) is 0 Å². The van der Waals surface area contributed by atoms with E-state index in [1.54, 1.807) is 14.2 Å². The number of nitrogens with zero attached hydrogens (tertiary/aromatic N) is 1. The molecule has 0 spiro atoms. The lowest BCUT2D eigenvalue weighted by Crippen LogP contribution is -2.47. The lowest BCUT2D eigenvalue weighted by molar-refractivity contribution is 0.330. The average molecular weight is 346 g/mol. The van der Waals surface area contributed by atoms with Crippen LogP contribution in [-0.4, -0.2) is 28.3 Å². The molecule has 0 aromatic heterocycles. The van der Waals surface area contributed by atoms with Gasteiger partial charge in [-0.1, -0.05) is 12.1 Å². The summed E-state index contributed by atoms with van der Waals surface area (Å²) in [6, 6.07) is 23.7. The summed E-state index contributed by atoms with van der Waals surface area (Å²) in [5, 5.41) is 0. The van der Waals surface area contributed by atoms with E-state index in [0.29, 0.717) is 0 Å². The molecule has 1 heterocycles. The number of hydrogen-bond acceptors (Lipinski definition) is 2. The van der Waals surface area contributed by atoms with Crippen LogP contribution >= 0.6 is 0 Å². The Labute approximate surface area is 155 Å². The van der Waals surface area contributed by atoms with Crippen LogP contribution in [0.4, 0.5) is 5.69 Å². The smallest absolute Gasteiger partial charge is 0.145 e. The minimum atomic E-state index is 0.181. The standard InChI is InChI=1S/C23H24NO2/c1-24(2)22-8-6-5-7-20(22)19-14-13-18(26-4)15-21(19)23(24)16-9-11-17(25-3)12-10-16/h5-15,23H,1-4H3/q+1. The van der Waals surface area contributed by atoms with Crippen LogP contribution in [0.1, 0.15) is 17.2 Å². The van der Waals surface area contributed by atoms with E-state index in [4.69, 9.17) is 9.47 Å². The van der Waals surface area contributed by atoms with Crippen LogP contribution in [0.3, 0.4) is 0 Å². The summed E-state index contributed by atoms with van der Waals surface area (Å²) < 4.78 is 11.6. The SMILES string of the molecule is COc1ccc(C2c3cc(OC)ccc3-c3ccccc3[N+]2(C)C)cc1. The molecule has 0 radical (unpaired) electrons. The highest BCUT2D eigenvalue weighted by Gasteiger charge is 2.41. The molecule has 1 atom stereocenters. The maximum Gasteiger partial charge on any atom is 0.145 e. The van der Waals surface area contributed by atoms with Crippen molar-refractivity contribution in [3.8, 4) is 22.6 Å². The molecule has 26 heavy (non-hydrogen) atoms. The quantitative estimate of drug-likeness (QED) is 0.619. The summed E-state index contributed by atoms with van der Waals surface area (Å²) in [7, 11) is 7.97. The van der Waals surface area contributed by atoms with E-state index < -0.39 is 0 Å². The molecule has 0 amide bonds. The molecule has 1 aliphatic heterocycles. The van der Waals surface area contributed by atoms with E-state index in [1.165, 1.54) is 27.9 Å². The zero-order chi connectivity index (χ0) is 18.3. The van der Waals surface area contributed by atoms with E-state index >= 15 is 0 Å². The molecule has 4 rings (SSSR count). The van der Waals surface area contributed by atoms with Crippen molar-refractivity contribution < 1.29 is 9.47 Å². The van der Waals surface area contributed by atoms with Crippen LogP contribution in [0.15, 0.2) is 66.7 Å². The largest absolute Gasteiger partial charge is 0.497 e.